The minimum absolute atomic E-state index is 0. The van der Waals surface area contributed by atoms with Gasteiger partial charge in [-0.1, -0.05) is 90.4 Å². The molecule has 0 heterocycles. The third-order valence-electron chi connectivity index (χ3n) is 5.87. The first-order chi connectivity index (χ1) is 16.1. The lowest BCUT2D eigenvalue weighted by molar-refractivity contribution is 0.102. The first-order valence-corrected chi connectivity index (χ1v) is 15.6. The third-order valence-corrected chi connectivity index (χ3v) is 7.34. The second-order valence-electron chi connectivity index (χ2n) is 9.24. The van der Waals surface area contributed by atoms with Gasteiger partial charge in [-0.15, -0.1) is 12.4 Å². The molecule has 0 saturated heterocycles. The molecule has 208 valence electrons. The number of unbranched alkanes of at least 4 members (excludes halogenated alkanes) is 14. The third kappa shape index (κ3) is 30.1. The molecule has 3 N–H and O–H groups in total. The first-order valence-electron chi connectivity index (χ1n) is 13.9. The fraction of sp³-hybridized carbons (Fsp3) is 1.00. The Morgan fingerprint density at radius 3 is 1.47 bits per heavy atom. The summed E-state index contributed by atoms with van der Waals surface area (Å²) in [4.78, 5) is 0. The van der Waals surface area contributed by atoms with Crippen molar-refractivity contribution in [1.82, 2.24) is 4.72 Å². The number of nitrogens with two attached hydrogens (primary N) is 1. The van der Waals surface area contributed by atoms with E-state index in [1.165, 1.54) is 70.6 Å². The Hall–Kier alpha value is 0.0800. The Labute approximate surface area is 218 Å². The Balaban J connectivity index is 0. The number of sulfonamides is 1. The molecule has 8 heteroatoms. The molecule has 0 aliphatic rings. The number of nitrogens with one attached hydrogen (secondary N) is 1. The number of halogens is 1. The van der Waals surface area contributed by atoms with Crippen molar-refractivity contribution in [1.29, 1.82) is 0 Å². The van der Waals surface area contributed by atoms with Crippen LogP contribution in [-0.2, 0) is 19.5 Å². The number of rotatable bonds is 28. The van der Waals surface area contributed by atoms with Crippen LogP contribution < -0.4 is 10.5 Å². The van der Waals surface area contributed by atoms with E-state index in [0.29, 0.717) is 32.7 Å². The van der Waals surface area contributed by atoms with Gasteiger partial charge in [0.25, 0.3) is 0 Å². The summed E-state index contributed by atoms with van der Waals surface area (Å²) in [5.41, 5.74) is 5.41. The molecule has 0 aromatic heterocycles. The van der Waals surface area contributed by atoms with Crippen molar-refractivity contribution >= 4 is 22.4 Å². The molecule has 0 unspecified atom stereocenters. The molecule has 0 amide bonds. The highest BCUT2D eigenvalue weighted by Crippen LogP contribution is 2.13. The van der Waals surface area contributed by atoms with E-state index in [1.807, 2.05) is 0 Å². The molecule has 0 aliphatic carbocycles. The standard InChI is InChI=1S/C26H56N2O4S.ClH/c1-2-3-4-5-6-7-8-9-10-11-12-13-14-17-26-33(29,30)28-21-19-25-32-23-16-15-22-31-24-18-20-27;/h28H,2-27H2,1H3;1H. The SMILES string of the molecule is CCCCCCCCCCCCCCCCS(=O)(=O)NCCCOCCCCOCCCN.Cl. The molecule has 0 spiro atoms. The van der Waals surface area contributed by atoms with E-state index in [0.717, 1.165) is 51.7 Å². The first kappa shape index (κ1) is 36.2. The van der Waals surface area contributed by atoms with Crippen molar-refractivity contribution in [2.45, 2.75) is 122 Å². The van der Waals surface area contributed by atoms with Crippen molar-refractivity contribution in [2.75, 3.05) is 45.3 Å². The van der Waals surface area contributed by atoms with Gasteiger partial charge in [-0.05, 0) is 38.6 Å². The van der Waals surface area contributed by atoms with E-state index in [4.69, 9.17) is 15.2 Å². The number of hydrogen-bond acceptors (Lipinski definition) is 5. The quantitative estimate of drug-likeness (QED) is 0.115. The molecule has 0 aliphatic heterocycles. The molecule has 0 saturated carbocycles. The number of ether oxygens (including phenoxy) is 2. The zero-order chi connectivity index (χ0) is 24.3. The fourth-order valence-corrected chi connectivity index (χ4v) is 4.94. The van der Waals surface area contributed by atoms with Gasteiger partial charge in [0.2, 0.25) is 10.0 Å². The van der Waals surface area contributed by atoms with Crippen LogP contribution in [0, 0.1) is 0 Å². The molecule has 0 fully saturated rings. The molecule has 6 nitrogen and oxygen atoms in total. The predicted octanol–water partition coefficient (Wildman–Crippen LogP) is 6.36. The van der Waals surface area contributed by atoms with E-state index in [9.17, 15) is 8.42 Å². The highest BCUT2D eigenvalue weighted by atomic mass is 35.5. The Bertz CT molecular complexity index is 481. The highest BCUT2D eigenvalue weighted by Gasteiger charge is 2.08. The molecule has 0 bridgehead atoms. The van der Waals surface area contributed by atoms with Gasteiger partial charge in [0.15, 0.2) is 0 Å². The maximum absolute atomic E-state index is 12.1. The van der Waals surface area contributed by atoms with E-state index in [-0.39, 0.29) is 18.2 Å². The summed E-state index contributed by atoms with van der Waals surface area (Å²) in [6, 6.07) is 0. The summed E-state index contributed by atoms with van der Waals surface area (Å²) in [7, 11) is -3.14. The van der Waals surface area contributed by atoms with Crippen LogP contribution in [0.2, 0.25) is 0 Å². The second kappa shape index (κ2) is 29.3. The molecule has 0 aromatic rings. The van der Waals surface area contributed by atoms with Gasteiger partial charge in [0.1, 0.15) is 0 Å². The van der Waals surface area contributed by atoms with E-state index < -0.39 is 10.0 Å². The van der Waals surface area contributed by atoms with Gasteiger partial charge in [0.05, 0.1) is 5.75 Å². The lowest BCUT2D eigenvalue weighted by Crippen LogP contribution is -2.28. The van der Waals surface area contributed by atoms with Crippen LogP contribution in [0.3, 0.4) is 0 Å². The lowest BCUT2D eigenvalue weighted by atomic mass is 10.0. The van der Waals surface area contributed by atoms with E-state index in [1.54, 1.807) is 0 Å². The normalized spacial score (nSPS) is 11.6. The van der Waals surface area contributed by atoms with E-state index in [2.05, 4.69) is 11.6 Å². The van der Waals surface area contributed by atoms with Crippen molar-refractivity contribution < 1.29 is 17.9 Å². The highest BCUT2D eigenvalue weighted by molar-refractivity contribution is 7.89. The molecule has 0 atom stereocenters. The zero-order valence-electron chi connectivity index (χ0n) is 22.2. The van der Waals surface area contributed by atoms with Crippen molar-refractivity contribution in [3.05, 3.63) is 0 Å². The van der Waals surface area contributed by atoms with Crippen LogP contribution in [0.1, 0.15) is 122 Å². The number of hydrogen-bond donors (Lipinski definition) is 2. The molecule has 0 radical (unpaired) electrons. The average Bonchev–Trinajstić information content (AvgIpc) is 2.80. The maximum atomic E-state index is 12.1. The van der Waals surface area contributed by atoms with Crippen molar-refractivity contribution in [2.24, 2.45) is 5.73 Å². The average molecular weight is 529 g/mol. The van der Waals surface area contributed by atoms with Crippen LogP contribution in [-0.4, -0.2) is 53.7 Å². The topological polar surface area (TPSA) is 90.7 Å². The molecule has 0 rings (SSSR count). The van der Waals surface area contributed by atoms with Gasteiger partial charge < -0.3 is 15.2 Å². The van der Waals surface area contributed by atoms with Gasteiger partial charge in [-0.3, -0.25) is 0 Å². The Morgan fingerprint density at radius 1 is 0.588 bits per heavy atom. The summed E-state index contributed by atoms with van der Waals surface area (Å²) in [5, 5.41) is 0. The van der Waals surface area contributed by atoms with Gasteiger partial charge in [-0.25, -0.2) is 13.1 Å². The van der Waals surface area contributed by atoms with Gasteiger partial charge in [-0.2, -0.15) is 0 Å². The Morgan fingerprint density at radius 2 is 1.00 bits per heavy atom. The fourth-order valence-electron chi connectivity index (χ4n) is 3.76. The monoisotopic (exact) mass is 528 g/mol. The molecular formula is C26H57ClN2O4S. The minimum Gasteiger partial charge on any atom is -0.381 e. The summed E-state index contributed by atoms with van der Waals surface area (Å²) in [5.74, 6) is 0.246. The lowest BCUT2D eigenvalue weighted by Gasteiger charge is -2.08. The smallest absolute Gasteiger partial charge is 0.211 e. The molecule has 34 heavy (non-hydrogen) atoms. The van der Waals surface area contributed by atoms with E-state index >= 15 is 0 Å². The maximum Gasteiger partial charge on any atom is 0.211 e. The summed E-state index contributed by atoms with van der Waals surface area (Å²) >= 11 is 0. The predicted molar refractivity (Wildman–Crippen MR) is 149 cm³/mol. The minimum atomic E-state index is -3.14. The van der Waals surface area contributed by atoms with Crippen LogP contribution in [0.4, 0.5) is 0 Å². The summed E-state index contributed by atoms with van der Waals surface area (Å²) < 4.78 is 37.8. The van der Waals surface area contributed by atoms with Crippen LogP contribution in [0.5, 0.6) is 0 Å². The van der Waals surface area contributed by atoms with Crippen LogP contribution in [0.25, 0.3) is 0 Å². The molecule has 0 aromatic carbocycles. The van der Waals surface area contributed by atoms with Crippen molar-refractivity contribution in [3.8, 4) is 0 Å². The second-order valence-corrected chi connectivity index (χ2v) is 11.2. The van der Waals surface area contributed by atoms with Gasteiger partial charge in [0, 0.05) is 33.0 Å². The molecular weight excluding hydrogens is 472 g/mol. The van der Waals surface area contributed by atoms with Crippen LogP contribution >= 0.6 is 12.4 Å². The van der Waals surface area contributed by atoms with Crippen molar-refractivity contribution in [3.63, 3.8) is 0 Å². The van der Waals surface area contributed by atoms with Gasteiger partial charge >= 0.3 is 0 Å². The largest absolute Gasteiger partial charge is 0.381 e. The Kier molecular flexibility index (Phi) is 31.2. The van der Waals surface area contributed by atoms with Crippen LogP contribution in [0.15, 0.2) is 0 Å². The zero-order valence-corrected chi connectivity index (χ0v) is 23.8. The summed E-state index contributed by atoms with van der Waals surface area (Å²) in [6.07, 6.45) is 21.4. The summed E-state index contributed by atoms with van der Waals surface area (Å²) in [6.45, 7) is 6.18.